The number of aromatic nitrogens is 1. The van der Waals surface area contributed by atoms with Crippen molar-refractivity contribution in [1.82, 2.24) is 10.3 Å². The third kappa shape index (κ3) is 2.74. The lowest BCUT2D eigenvalue weighted by Gasteiger charge is -2.23. The van der Waals surface area contributed by atoms with Crippen molar-refractivity contribution in [1.29, 1.82) is 0 Å². The van der Waals surface area contributed by atoms with Crippen LogP contribution in [0.3, 0.4) is 0 Å². The van der Waals surface area contributed by atoms with E-state index in [9.17, 15) is 0 Å². The maximum atomic E-state index is 5.00. The molecule has 2 nitrogen and oxygen atoms in total. The van der Waals surface area contributed by atoms with Gasteiger partial charge in [-0.1, -0.05) is 18.9 Å². The fourth-order valence-electron chi connectivity index (χ4n) is 3.28. The van der Waals surface area contributed by atoms with Gasteiger partial charge in [-0.25, -0.2) is 0 Å². The van der Waals surface area contributed by atoms with Gasteiger partial charge in [0.15, 0.2) is 0 Å². The van der Waals surface area contributed by atoms with Crippen molar-refractivity contribution in [2.24, 2.45) is 0 Å². The maximum Gasteiger partial charge on any atom is 0.0450 e. The van der Waals surface area contributed by atoms with Crippen LogP contribution in [-0.4, -0.2) is 18.1 Å². The topological polar surface area (TPSA) is 24.9 Å². The van der Waals surface area contributed by atoms with Gasteiger partial charge in [-0.15, -0.1) is 0 Å². The van der Waals surface area contributed by atoms with E-state index < -0.39 is 0 Å². The summed E-state index contributed by atoms with van der Waals surface area (Å²) >= 11 is 0. The standard InChI is InChI=1S/C16H24N2/c1-2-4-8-15-13(6-3-1)9-10-16(18-15)14-7-5-11-17-12-14/h9-10,14,17H,1-8,11-12H2. The largest absolute Gasteiger partial charge is 0.316 e. The molecule has 0 aromatic carbocycles. The lowest BCUT2D eigenvalue weighted by molar-refractivity contribution is 0.453. The normalized spacial score (nSPS) is 25.0. The molecule has 2 aliphatic rings. The van der Waals surface area contributed by atoms with Crippen molar-refractivity contribution in [2.45, 2.75) is 57.3 Å². The molecule has 1 aromatic heterocycles. The van der Waals surface area contributed by atoms with Crippen molar-refractivity contribution in [3.63, 3.8) is 0 Å². The molecule has 2 heteroatoms. The smallest absolute Gasteiger partial charge is 0.0450 e. The van der Waals surface area contributed by atoms with E-state index in [4.69, 9.17) is 4.98 Å². The predicted octanol–water partition coefficient (Wildman–Crippen LogP) is 3.21. The maximum absolute atomic E-state index is 5.00. The van der Waals surface area contributed by atoms with Gasteiger partial charge in [-0.2, -0.15) is 0 Å². The van der Waals surface area contributed by atoms with Crippen LogP contribution >= 0.6 is 0 Å². The second-order valence-electron chi connectivity index (χ2n) is 5.80. The minimum atomic E-state index is 0.648. The summed E-state index contributed by atoms with van der Waals surface area (Å²) in [5, 5.41) is 3.50. The number of pyridine rings is 1. The Balaban J connectivity index is 1.81. The molecule has 0 bridgehead atoms. The summed E-state index contributed by atoms with van der Waals surface area (Å²) in [6.45, 7) is 2.30. The van der Waals surface area contributed by atoms with E-state index in [0.29, 0.717) is 5.92 Å². The van der Waals surface area contributed by atoms with Gasteiger partial charge >= 0.3 is 0 Å². The van der Waals surface area contributed by atoms with E-state index in [0.717, 1.165) is 6.54 Å². The Labute approximate surface area is 110 Å². The number of hydrogen-bond donors (Lipinski definition) is 1. The van der Waals surface area contributed by atoms with E-state index in [1.54, 1.807) is 0 Å². The van der Waals surface area contributed by atoms with Crippen molar-refractivity contribution < 1.29 is 0 Å². The third-order valence-corrected chi connectivity index (χ3v) is 4.41. The van der Waals surface area contributed by atoms with Gasteiger partial charge in [0.05, 0.1) is 0 Å². The average Bonchev–Trinajstić information content (AvgIpc) is 2.40. The van der Waals surface area contributed by atoms with Crippen LogP contribution in [0.1, 0.15) is 61.4 Å². The summed E-state index contributed by atoms with van der Waals surface area (Å²) in [5.41, 5.74) is 4.25. The van der Waals surface area contributed by atoms with E-state index in [2.05, 4.69) is 17.4 Å². The number of aryl methyl sites for hydroxylation is 2. The van der Waals surface area contributed by atoms with Crippen LogP contribution in [0.4, 0.5) is 0 Å². The molecule has 0 spiro atoms. The van der Waals surface area contributed by atoms with Crippen molar-refractivity contribution in [3.8, 4) is 0 Å². The van der Waals surface area contributed by atoms with Gasteiger partial charge in [-0.3, -0.25) is 4.98 Å². The summed E-state index contributed by atoms with van der Waals surface area (Å²) < 4.78 is 0. The minimum absolute atomic E-state index is 0.648. The van der Waals surface area contributed by atoms with Crippen molar-refractivity contribution in [3.05, 3.63) is 29.1 Å². The summed E-state index contributed by atoms with van der Waals surface area (Å²) in [5.74, 6) is 0.648. The Morgan fingerprint density at radius 1 is 1.00 bits per heavy atom. The molecule has 98 valence electrons. The fraction of sp³-hybridized carbons (Fsp3) is 0.688. The summed E-state index contributed by atoms with van der Waals surface area (Å²) in [4.78, 5) is 5.00. The van der Waals surface area contributed by atoms with Gasteiger partial charge in [0.1, 0.15) is 0 Å². The van der Waals surface area contributed by atoms with Crippen LogP contribution in [-0.2, 0) is 12.8 Å². The summed E-state index contributed by atoms with van der Waals surface area (Å²) in [7, 11) is 0. The number of rotatable bonds is 1. The SMILES string of the molecule is c1cc2c(nc1C1CCCNC1)CCCCCC2. The number of hydrogen-bond acceptors (Lipinski definition) is 2. The van der Waals surface area contributed by atoms with E-state index in [1.807, 2.05) is 0 Å². The Kier molecular flexibility index (Phi) is 3.94. The first kappa shape index (κ1) is 12.2. The zero-order valence-electron chi connectivity index (χ0n) is 11.3. The highest BCUT2D eigenvalue weighted by atomic mass is 14.9. The number of fused-ring (bicyclic) bond motifs is 1. The molecular weight excluding hydrogens is 220 g/mol. The molecule has 1 N–H and O–H groups in total. The monoisotopic (exact) mass is 244 g/mol. The highest BCUT2D eigenvalue weighted by molar-refractivity contribution is 5.26. The highest BCUT2D eigenvalue weighted by Gasteiger charge is 2.18. The molecule has 0 radical (unpaired) electrons. The molecule has 1 aliphatic carbocycles. The second kappa shape index (κ2) is 5.83. The number of piperidine rings is 1. The summed E-state index contributed by atoms with van der Waals surface area (Å²) in [6.07, 6.45) is 10.5. The Hall–Kier alpha value is -0.890. The molecule has 1 aromatic rings. The van der Waals surface area contributed by atoms with E-state index in [1.165, 1.54) is 74.9 Å². The van der Waals surface area contributed by atoms with Gasteiger partial charge in [-0.05, 0) is 56.7 Å². The van der Waals surface area contributed by atoms with Gasteiger partial charge < -0.3 is 5.32 Å². The highest BCUT2D eigenvalue weighted by Crippen LogP contribution is 2.25. The summed E-state index contributed by atoms with van der Waals surface area (Å²) in [6, 6.07) is 4.65. The molecule has 0 saturated carbocycles. The average molecular weight is 244 g/mol. The first-order valence-corrected chi connectivity index (χ1v) is 7.63. The molecule has 18 heavy (non-hydrogen) atoms. The molecule has 1 fully saturated rings. The zero-order chi connectivity index (χ0) is 12.2. The Morgan fingerprint density at radius 2 is 1.89 bits per heavy atom. The molecule has 1 aliphatic heterocycles. The van der Waals surface area contributed by atoms with E-state index in [-0.39, 0.29) is 0 Å². The first-order valence-electron chi connectivity index (χ1n) is 7.63. The van der Waals surface area contributed by atoms with Crippen LogP contribution in [0.5, 0.6) is 0 Å². The Bertz CT molecular complexity index is 394. The first-order chi connectivity index (χ1) is 8.93. The van der Waals surface area contributed by atoms with Crippen LogP contribution in [0.25, 0.3) is 0 Å². The second-order valence-corrected chi connectivity index (χ2v) is 5.80. The fourth-order valence-corrected chi connectivity index (χ4v) is 3.28. The van der Waals surface area contributed by atoms with Crippen LogP contribution < -0.4 is 5.32 Å². The molecule has 3 rings (SSSR count). The van der Waals surface area contributed by atoms with Gasteiger partial charge in [0, 0.05) is 23.9 Å². The molecule has 1 saturated heterocycles. The minimum Gasteiger partial charge on any atom is -0.316 e. The molecular formula is C16H24N2. The van der Waals surface area contributed by atoms with Crippen molar-refractivity contribution in [2.75, 3.05) is 13.1 Å². The predicted molar refractivity (Wildman–Crippen MR) is 75.0 cm³/mol. The van der Waals surface area contributed by atoms with Crippen LogP contribution in [0, 0.1) is 0 Å². The van der Waals surface area contributed by atoms with Gasteiger partial charge in [0.2, 0.25) is 0 Å². The van der Waals surface area contributed by atoms with Gasteiger partial charge in [0.25, 0.3) is 0 Å². The van der Waals surface area contributed by atoms with Crippen LogP contribution in [0.15, 0.2) is 12.1 Å². The number of nitrogens with one attached hydrogen (secondary N) is 1. The zero-order valence-corrected chi connectivity index (χ0v) is 11.3. The van der Waals surface area contributed by atoms with Crippen molar-refractivity contribution >= 4 is 0 Å². The third-order valence-electron chi connectivity index (χ3n) is 4.41. The molecule has 2 heterocycles. The lowest BCUT2D eigenvalue weighted by atomic mass is 9.92. The quantitative estimate of drug-likeness (QED) is 0.820. The molecule has 0 amide bonds. The van der Waals surface area contributed by atoms with Crippen LogP contribution in [0.2, 0.25) is 0 Å². The van der Waals surface area contributed by atoms with E-state index >= 15 is 0 Å². The molecule has 1 atom stereocenters. The lowest BCUT2D eigenvalue weighted by Crippen LogP contribution is -2.29. The Morgan fingerprint density at radius 3 is 2.72 bits per heavy atom. The molecule has 1 unspecified atom stereocenters. The number of nitrogens with zero attached hydrogens (tertiary/aromatic N) is 1.